The van der Waals surface area contributed by atoms with Crippen molar-refractivity contribution in [2.45, 2.75) is 19.0 Å². The standard InChI is InChI=1S/C11H15ClN2O2/c1-7(14-6-10(13)11(15)16)8-4-2-3-5-9(8)12/h2-5,7,10,14H,6,13H2,1H3,(H,15,16)/t7-,10?/m1/s1. The molecule has 5 heteroatoms. The summed E-state index contributed by atoms with van der Waals surface area (Å²) < 4.78 is 0. The summed E-state index contributed by atoms with van der Waals surface area (Å²) in [5, 5.41) is 12.3. The molecule has 0 aliphatic carbocycles. The molecule has 88 valence electrons. The van der Waals surface area contributed by atoms with Crippen molar-refractivity contribution in [3.05, 3.63) is 34.9 Å². The second kappa shape index (κ2) is 5.84. The lowest BCUT2D eigenvalue weighted by Crippen LogP contribution is -2.41. The third-order valence-electron chi connectivity index (χ3n) is 2.33. The van der Waals surface area contributed by atoms with Crippen LogP contribution in [0, 0.1) is 0 Å². The van der Waals surface area contributed by atoms with Crippen molar-refractivity contribution in [3.63, 3.8) is 0 Å². The summed E-state index contributed by atoms with van der Waals surface area (Å²) in [7, 11) is 0. The number of nitrogens with one attached hydrogen (secondary N) is 1. The third kappa shape index (κ3) is 3.48. The lowest BCUT2D eigenvalue weighted by atomic mass is 10.1. The van der Waals surface area contributed by atoms with Crippen molar-refractivity contribution in [1.82, 2.24) is 5.32 Å². The molecule has 0 aliphatic rings. The van der Waals surface area contributed by atoms with Gasteiger partial charge in [-0.25, -0.2) is 0 Å². The van der Waals surface area contributed by atoms with Crippen LogP contribution in [0.3, 0.4) is 0 Å². The number of aliphatic carboxylic acids is 1. The number of nitrogens with two attached hydrogens (primary N) is 1. The highest BCUT2D eigenvalue weighted by atomic mass is 35.5. The molecule has 0 heterocycles. The fourth-order valence-corrected chi connectivity index (χ4v) is 1.63. The van der Waals surface area contributed by atoms with Crippen molar-refractivity contribution >= 4 is 17.6 Å². The van der Waals surface area contributed by atoms with E-state index < -0.39 is 12.0 Å². The summed E-state index contributed by atoms with van der Waals surface area (Å²) >= 11 is 6.01. The molecule has 4 nitrogen and oxygen atoms in total. The Morgan fingerprint density at radius 3 is 2.75 bits per heavy atom. The first-order valence-electron chi connectivity index (χ1n) is 4.98. The Kier molecular flexibility index (Phi) is 4.73. The highest BCUT2D eigenvalue weighted by molar-refractivity contribution is 6.31. The summed E-state index contributed by atoms with van der Waals surface area (Å²) in [6.45, 7) is 2.12. The van der Waals surface area contributed by atoms with Gasteiger partial charge in [-0.05, 0) is 18.6 Å². The van der Waals surface area contributed by atoms with E-state index in [4.69, 9.17) is 22.4 Å². The maximum Gasteiger partial charge on any atom is 0.321 e. The van der Waals surface area contributed by atoms with E-state index in [2.05, 4.69) is 5.32 Å². The molecule has 4 N–H and O–H groups in total. The van der Waals surface area contributed by atoms with Crippen LogP contribution in [0.4, 0.5) is 0 Å². The Morgan fingerprint density at radius 1 is 1.56 bits per heavy atom. The fraction of sp³-hybridized carbons (Fsp3) is 0.364. The first-order chi connectivity index (χ1) is 7.52. The van der Waals surface area contributed by atoms with E-state index in [9.17, 15) is 4.79 Å². The Hall–Kier alpha value is -1.10. The van der Waals surface area contributed by atoms with Crippen LogP contribution in [0.25, 0.3) is 0 Å². The molecule has 1 rings (SSSR count). The Balaban J connectivity index is 2.56. The zero-order valence-electron chi connectivity index (χ0n) is 8.98. The summed E-state index contributed by atoms with van der Waals surface area (Å²) in [5.41, 5.74) is 6.32. The molecule has 0 bridgehead atoms. The van der Waals surface area contributed by atoms with Gasteiger partial charge in [0.15, 0.2) is 0 Å². The molecule has 1 unspecified atom stereocenters. The molecule has 0 saturated heterocycles. The SMILES string of the molecule is C[C@@H](NCC(N)C(=O)O)c1ccccc1Cl. The minimum absolute atomic E-state index is 0.0286. The van der Waals surface area contributed by atoms with Crippen molar-refractivity contribution in [1.29, 1.82) is 0 Å². The van der Waals surface area contributed by atoms with Crippen LogP contribution in [0.15, 0.2) is 24.3 Å². The van der Waals surface area contributed by atoms with Crippen molar-refractivity contribution in [3.8, 4) is 0 Å². The molecule has 0 radical (unpaired) electrons. The van der Waals surface area contributed by atoms with Gasteiger partial charge in [0.2, 0.25) is 0 Å². The molecule has 0 aromatic heterocycles. The third-order valence-corrected chi connectivity index (χ3v) is 2.68. The average molecular weight is 243 g/mol. The van der Waals surface area contributed by atoms with Crippen LogP contribution in [0.2, 0.25) is 5.02 Å². The second-order valence-corrected chi connectivity index (χ2v) is 4.00. The molecule has 0 spiro atoms. The number of hydrogen-bond donors (Lipinski definition) is 3. The molecule has 0 saturated carbocycles. The van der Waals surface area contributed by atoms with Crippen LogP contribution < -0.4 is 11.1 Å². The molecule has 0 amide bonds. The Labute approximate surface area is 99.4 Å². The molecule has 0 fully saturated rings. The quantitative estimate of drug-likeness (QED) is 0.730. The molecule has 1 aromatic rings. The van der Waals surface area contributed by atoms with Gasteiger partial charge in [-0.2, -0.15) is 0 Å². The molecule has 16 heavy (non-hydrogen) atoms. The van der Waals surface area contributed by atoms with Crippen LogP contribution in [-0.4, -0.2) is 23.7 Å². The predicted molar refractivity (Wildman–Crippen MR) is 63.5 cm³/mol. The number of halogens is 1. The Morgan fingerprint density at radius 2 is 2.19 bits per heavy atom. The lowest BCUT2D eigenvalue weighted by molar-refractivity contribution is -0.138. The highest BCUT2D eigenvalue weighted by Crippen LogP contribution is 2.21. The van der Waals surface area contributed by atoms with Gasteiger partial charge in [0.1, 0.15) is 6.04 Å². The van der Waals surface area contributed by atoms with E-state index in [1.165, 1.54) is 0 Å². The summed E-state index contributed by atoms with van der Waals surface area (Å²) in [6.07, 6.45) is 0. The number of hydrogen-bond acceptors (Lipinski definition) is 3. The van der Waals surface area contributed by atoms with E-state index in [0.29, 0.717) is 5.02 Å². The van der Waals surface area contributed by atoms with Crippen LogP contribution in [0.1, 0.15) is 18.5 Å². The van der Waals surface area contributed by atoms with Crippen molar-refractivity contribution < 1.29 is 9.90 Å². The number of rotatable bonds is 5. The summed E-state index contributed by atoms with van der Waals surface area (Å²) in [6, 6.07) is 6.50. The van der Waals surface area contributed by atoms with Gasteiger partial charge >= 0.3 is 5.97 Å². The topological polar surface area (TPSA) is 75.3 Å². The van der Waals surface area contributed by atoms with Gasteiger partial charge in [0, 0.05) is 17.6 Å². The summed E-state index contributed by atoms with van der Waals surface area (Å²) in [5.74, 6) is -1.01. The van der Waals surface area contributed by atoms with Crippen molar-refractivity contribution in [2.75, 3.05) is 6.54 Å². The molecule has 1 aromatic carbocycles. The fourth-order valence-electron chi connectivity index (χ4n) is 1.33. The van der Waals surface area contributed by atoms with Gasteiger partial charge < -0.3 is 16.2 Å². The molecule has 2 atom stereocenters. The van der Waals surface area contributed by atoms with Crippen LogP contribution in [0.5, 0.6) is 0 Å². The maximum atomic E-state index is 10.5. The number of carboxylic acid groups (broad SMARTS) is 1. The van der Waals surface area contributed by atoms with Gasteiger partial charge in [0.25, 0.3) is 0 Å². The average Bonchev–Trinajstić information content (AvgIpc) is 2.25. The van der Waals surface area contributed by atoms with Crippen LogP contribution in [-0.2, 0) is 4.79 Å². The number of carboxylic acids is 1. The van der Waals surface area contributed by atoms with E-state index in [1.807, 2.05) is 25.1 Å². The lowest BCUT2D eigenvalue weighted by Gasteiger charge is -2.17. The second-order valence-electron chi connectivity index (χ2n) is 3.60. The van der Waals surface area contributed by atoms with E-state index in [1.54, 1.807) is 6.07 Å². The zero-order valence-corrected chi connectivity index (χ0v) is 9.74. The van der Waals surface area contributed by atoms with Gasteiger partial charge in [-0.15, -0.1) is 0 Å². The van der Waals surface area contributed by atoms with E-state index >= 15 is 0 Å². The van der Waals surface area contributed by atoms with E-state index in [0.717, 1.165) is 5.56 Å². The van der Waals surface area contributed by atoms with Gasteiger partial charge in [-0.3, -0.25) is 4.79 Å². The summed E-state index contributed by atoms with van der Waals surface area (Å²) in [4.78, 5) is 10.5. The minimum Gasteiger partial charge on any atom is -0.480 e. The molecular formula is C11H15ClN2O2. The molecular weight excluding hydrogens is 228 g/mol. The smallest absolute Gasteiger partial charge is 0.321 e. The highest BCUT2D eigenvalue weighted by Gasteiger charge is 2.14. The zero-order chi connectivity index (χ0) is 12.1. The first-order valence-corrected chi connectivity index (χ1v) is 5.36. The first kappa shape index (κ1) is 13.0. The largest absolute Gasteiger partial charge is 0.480 e. The van der Waals surface area contributed by atoms with Crippen LogP contribution >= 0.6 is 11.6 Å². The van der Waals surface area contributed by atoms with Gasteiger partial charge in [-0.1, -0.05) is 29.8 Å². The maximum absolute atomic E-state index is 10.5. The predicted octanol–water partition coefficient (Wildman–Crippen LogP) is 1.40. The monoisotopic (exact) mass is 242 g/mol. The van der Waals surface area contributed by atoms with Gasteiger partial charge in [0.05, 0.1) is 0 Å². The van der Waals surface area contributed by atoms with Crippen molar-refractivity contribution in [2.24, 2.45) is 5.73 Å². The number of benzene rings is 1. The minimum atomic E-state index is -1.01. The normalized spacial score (nSPS) is 14.4. The van der Waals surface area contributed by atoms with E-state index in [-0.39, 0.29) is 12.6 Å². The molecule has 0 aliphatic heterocycles. The Bertz CT molecular complexity index is 371. The number of carbonyl (C=O) groups is 1.